The number of halogens is 8. The minimum absolute atomic E-state index is 0.0983. The van der Waals surface area contributed by atoms with Crippen molar-refractivity contribution in [1.29, 1.82) is 0 Å². The Hall–Kier alpha value is -0.690. The van der Waals surface area contributed by atoms with Gasteiger partial charge in [-0.1, -0.05) is 13.3 Å². The van der Waals surface area contributed by atoms with Crippen LogP contribution in [0.15, 0.2) is 0 Å². The monoisotopic (exact) mass is 395 g/mol. The van der Waals surface area contributed by atoms with E-state index in [2.05, 4.69) is 0 Å². The van der Waals surface area contributed by atoms with Crippen molar-refractivity contribution in [3.05, 3.63) is 0 Å². The maximum Gasteiger partial charge on any atom is 0.402 e. The van der Waals surface area contributed by atoms with Gasteiger partial charge in [-0.3, -0.25) is 0 Å². The van der Waals surface area contributed by atoms with E-state index in [9.17, 15) is 48.1 Å². The Morgan fingerprint density at radius 3 is 1.75 bits per heavy atom. The van der Waals surface area contributed by atoms with Gasteiger partial charge >= 0.3 is 23.0 Å². The third-order valence-corrected chi connectivity index (χ3v) is 3.84. The number of hydrogen-bond donors (Lipinski definition) is 0. The van der Waals surface area contributed by atoms with Crippen molar-refractivity contribution in [3.8, 4) is 0 Å². The molecule has 0 aliphatic heterocycles. The molecule has 13 heteroatoms. The molecule has 0 spiro atoms. The quantitative estimate of drug-likeness (QED) is 0.305. The molecule has 4 nitrogen and oxygen atoms in total. The van der Waals surface area contributed by atoms with Crippen molar-refractivity contribution in [1.82, 2.24) is 0 Å². The summed E-state index contributed by atoms with van der Waals surface area (Å²) >= 11 is 0. The van der Waals surface area contributed by atoms with Crippen molar-refractivity contribution < 1.29 is 52.8 Å². The molecule has 146 valence electrons. The van der Waals surface area contributed by atoms with Gasteiger partial charge in [-0.25, -0.2) is 8.42 Å². The average molecular weight is 395 g/mol. The highest BCUT2D eigenvalue weighted by atomic mass is 32.2. The predicted molar refractivity (Wildman–Crippen MR) is 64.4 cm³/mol. The van der Waals surface area contributed by atoms with Gasteiger partial charge in [0.25, 0.3) is 0 Å². The van der Waals surface area contributed by atoms with Crippen LogP contribution in [-0.2, 0) is 14.9 Å². The van der Waals surface area contributed by atoms with Gasteiger partial charge in [0.05, 0.1) is 0 Å². The third kappa shape index (κ3) is 4.48. The first-order valence-electron chi connectivity index (χ1n) is 6.60. The Labute approximate surface area is 132 Å². The van der Waals surface area contributed by atoms with E-state index in [1.165, 1.54) is 0 Å². The lowest BCUT2D eigenvalue weighted by Gasteiger charge is -2.37. The van der Waals surface area contributed by atoms with Gasteiger partial charge in [-0.15, -0.1) is 0 Å². The lowest BCUT2D eigenvalue weighted by Crippen LogP contribution is -2.64. The van der Waals surface area contributed by atoms with Crippen LogP contribution in [0.4, 0.5) is 35.1 Å². The Kier molecular flexibility index (Phi) is 7.46. The Bertz CT molecular complexity index is 506. The van der Waals surface area contributed by atoms with Gasteiger partial charge in [0.15, 0.2) is 10.1 Å². The molecule has 0 amide bonds. The first kappa shape index (κ1) is 23.3. The zero-order valence-electron chi connectivity index (χ0n) is 12.3. The summed E-state index contributed by atoms with van der Waals surface area (Å²) in [7, 11) is -7.31. The molecule has 0 N–H and O–H groups in total. The summed E-state index contributed by atoms with van der Waals surface area (Å²) in [5, 5.41) is -6.91. The van der Waals surface area contributed by atoms with Crippen molar-refractivity contribution in [2.75, 3.05) is 13.2 Å². The summed E-state index contributed by atoms with van der Waals surface area (Å²) in [5.74, 6) is -19.6. The van der Waals surface area contributed by atoms with E-state index in [1.807, 2.05) is 0 Å². The van der Waals surface area contributed by atoms with Crippen molar-refractivity contribution >= 4 is 10.1 Å². The van der Waals surface area contributed by atoms with Gasteiger partial charge < -0.3 is 9.29 Å². The zero-order valence-corrected chi connectivity index (χ0v) is 13.1. The minimum Gasteiger partial charge on any atom is -0.743 e. The van der Waals surface area contributed by atoms with Crippen molar-refractivity contribution in [2.24, 2.45) is 0 Å². The Morgan fingerprint density at radius 1 is 0.875 bits per heavy atom. The number of ether oxygens (including phenoxy) is 1. The van der Waals surface area contributed by atoms with Crippen molar-refractivity contribution in [2.45, 2.75) is 55.6 Å². The summed E-state index contributed by atoms with van der Waals surface area (Å²) < 4.78 is 140. The average Bonchev–Trinajstić information content (AvgIpc) is 2.40. The topological polar surface area (TPSA) is 66.4 Å². The van der Waals surface area contributed by atoms with Crippen LogP contribution in [0.1, 0.15) is 32.6 Å². The fourth-order valence-corrected chi connectivity index (χ4v) is 1.91. The van der Waals surface area contributed by atoms with Crippen LogP contribution in [0, 0.1) is 0 Å². The molecule has 0 rings (SSSR count). The SMILES string of the molecule is CCCCOCCCC(F)(F)C(F)(F)C(F)(F)C(F)(F)S(=O)(=O)[O-]. The second kappa shape index (κ2) is 7.68. The van der Waals surface area contributed by atoms with Gasteiger partial charge in [0.1, 0.15) is 0 Å². The fraction of sp³-hybridized carbons (Fsp3) is 1.00. The molecule has 0 radical (unpaired) electrons. The molecular weight excluding hydrogens is 380 g/mol. The number of hydrogen-bond acceptors (Lipinski definition) is 4. The Balaban J connectivity index is 5.18. The van der Waals surface area contributed by atoms with E-state index in [-0.39, 0.29) is 6.61 Å². The first-order valence-corrected chi connectivity index (χ1v) is 8.01. The smallest absolute Gasteiger partial charge is 0.402 e. The van der Waals surface area contributed by atoms with E-state index in [1.54, 1.807) is 6.92 Å². The van der Waals surface area contributed by atoms with Crippen LogP contribution in [-0.4, -0.2) is 49.2 Å². The molecular formula is C11H15F8O4S-. The second-order valence-corrected chi connectivity index (χ2v) is 6.31. The molecule has 0 bridgehead atoms. The number of rotatable bonds is 11. The molecule has 0 aromatic carbocycles. The predicted octanol–water partition coefficient (Wildman–Crippen LogP) is 3.63. The lowest BCUT2D eigenvalue weighted by molar-refractivity contribution is -0.349. The maximum atomic E-state index is 13.3. The van der Waals surface area contributed by atoms with Crippen LogP contribution in [0.25, 0.3) is 0 Å². The van der Waals surface area contributed by atoms with Crippen LogP contribution >= 0.6 is 0 Å². The third-order valence-electron chi connectivity index (χ3n) is 2.95. The molecule has 24 heavy (non-hydrogen) atoms. The van der Waals surface area contributed by atoms with Crippen LogP contribution in [0.2, 0.25) is 0 Å². The fourth-order valence-electron chi connectivity index (χ4n) is 1.47. The van der Waals surface area contributed by atoms with Gasteiger partial charge in [0.2, 0.25) is 0 Å². The second-order valence-electron chi connectivity index (χ2n) is 4.89. The molecule has 0 aromatic heterocycles. The molecule has 0 atom stereocenters. The molecule has 0 saturated heterocycles. The summed E-state index contributed by atoms with van der Waals surface area (Å²) in [6.07, 6.45) is -1.65. The highest BCUT2D eigenvalue weighted by molar-refractivity contribution is 7.86. The minimum atomic E-state index is -7.31. The normalized spacial score (nSPS) is 14.9. The number of unbranched alkanes of at least 4 members (excludes halogenated alkanes) is 1. The molecule has 0 aliphatic carbocycles. The lowest BCUT2D eigenvalue weighted by atomic mass is 10.0. The summed E-state index contributed by atoms with van der Waals surface area (Å²) in [5.41, 5.74) is 0. The first-order chi connectivity index (χ1) is 10.6. The summed E-state index contributed by atoms with van der Waals surface area (Å²) in [6, 6.07) is 0. The van der Waals surface area contributed by atoms with E-state index in [0.717, 1.165) is 0 Å². The summed E-state index contributed by atoms with van der Waals surface area (Å²) in [4.78, 5) is 0. The van der Waals surface area contributed by atoms with Gasteiger partial charge in [0, 0.05) is 19.6 Å². The van der Waals surface area contributed by atoms with Crippen LogP contribution in [0.3, 0.4) is 0 Å². The molecule has 0 aromatic rings. The van der Waals surface area contributed by atoms with E-state index >= 15 is 0 Å². The molecule has 0 heterocycles. The number of alkyl halides is 8. The molecule has 0 aliphatic rings. The standard InChI is InChI=1S/C11H16F8O4S/c1-2-3-6-23-7-4-5-8(12,13)9(14,15)10(16,17)11(18,19)24(20,21)22/h2-7H2,1H3,(H,20,21,22)/p-1. The van der Waals surface area contributed by atoms with E-state index in [0.29, 0.717) is 12.8 Å². The largest absolute Gasteiger partial charge is 0.743 e. The zero-order chi connectivity index (χ0) is 19.4. The molecule has 0 saturated carbocycles. The highest BCUT2D eigenvalue weighted by Crippen LogP contribution is 2.55. The molecule has 0 unspecified atom stereocenters. The summed E-state index contributed by atoms with van der Waals surface area (Å²) in [6.45, 7) is 1.35. The van der Waals surface area contributed by atoms with Crippen LogP contribution in [0.5, 0.6) is 0 Å². The molecule has 0 fully saturated rings. The maximum absolute atomic E-state index is 13.3. The van der Waals surface area contributed by atoms with Gasteiger partial charge in [-0.05, 0) is 12.8 Å². The highest BCUT2D eigenvalue weighted by Gasteiger charge is 2.82. The van der Waals surface area contributed by atoms with E-state index < -0.39 is 52.6 Å². The van der Waals surface area contributed by atoms with Crippen LogP contribution < -0.4 is 0 Å². The Morgan fingerprint density at radius 2 is 1.33 bits per heavy atom. The van der Waals surface area contributed by atoms with E-state index in [4.69, 9.17) is 4.74 Å². The van der Waals surface area contributed by atoms with Crippen molar-refractivity contribution in [3.63, 3.8) is 0 Å². The van der Waals surface area contributed by atoms with Gasteiger partial charge in [-0.2, -0.15) is 35.1 Å².